The van der Waals surface area contributed by atoms with E-state index in [0.717, 1.165) is 4.90 Å². The highest BCUT2D eigenvalue weighted by atomic mass is 32.2. The van der Waals surface area contributed by atoms with E-state index in [2.05, 4.69) is 11.2 Å². The molecular formula is C23H19FN2O5S. The zero-order valence-corrected chi connectivity index (χ0v) is 17.9. The van der Waals surface area contributed by atoms with Gasteiger partial charge in [-0.05, 0) is 54.6 Å². The maximum Gasteiger partial charge on any atom is 0.294 e. The van der Waals surface area contributed by atoms with Gasteiger partial charge in [0.2, 0.25) is 5.91 Å². The Morgan fingerprint density at radius 3 is 2.72 bits per heavy atom. The van der Waals surface area contributed by atoms with Crippen molar-refractivity contribution in [3.8, 4) is 23.8 Å². The normalized spacial score (nSPS) is 14.4. The minimum atomic E-state index is -0.688. The van der Waals surface area contributed by atoms with Crippen LogP contribution in [0.1, 0.15) is 12.5 Å². The van der Waals surface area contributed by atoms with E-state index in [-0.39, 0.29) is 17.2 Å². The second kappa shape index (κ2) is 10.5. The number of thioether (sulfide) groups is 1. The van der Waals surface area contributed by atoms with Crippen LogP contribution in [0.4, 0.5) is 14.9 Å². The Hall–Kier alpha value is -3.77. The number of halogens is 1. The predicted molar refractivity (Wildman–Crippen MR) is 120 cm³/mol. The van der Waals surface area contributed by atoms with Crippen LogP contribution in [0.5, 0.6) is 11.5 Å². The molecule has 3 rings (SSSR count). The molecule has 0 saturated carbocycles. The molecule has 0 aromatic heterocycles. The molecule has 0 spiro atoms. The molecule has 1 N–H and O–H groups in total. The van der Waals surface area contributed by atoms with E-state index in [9.17, 15) is 18.8 Å². The Morgan fingerprint density at radius 1 is 1.22 bits per heavy atom. The van der Waals surface area contributed by atoms with Crippen LogP contribution in [0.3, 0.4) is 0 Å². The molecule has 2 aromatic rings. The van der Waals surface area contributed by atoms with E-state index in [0.29, 0.717) is 35.4 Å². The van der Waals surface area contributed by atoms with Crippen LogP contribution in [0.2, 0.25) is 0 Å². The summed E-state index contributed by atoms with van der Waals surface area (Å²) in [5.74, 6) is 1.36. The van der Waals surface area contributed by atoms with Gasteiger partial charge in [0.05, 0.1) is 17.2 Å². The quantitative estimate of drug-likeness (QED) is 0.481. The number of nitrogens with one attached hydrogen (secondary N) is 1. The van der Waals surface area contributed by atoms with Gasteiger partial charge in [0.25, 0.3) is 11.1 Å². The lowest BCUT2D eigenvalue weighted by atomic mass is 10.2. The van der Waals surface area contributed by atoms with Gasteiger partial charge in [-0.1, -0.05) is 24.1 Å². The summed E-state index contributed by atoms with van der Waals surface area (Å²) in [5, 5.41) is 1.76. The highest BCUT2D eigenvalue weighted by Gasteiger charge is 2.36. The number of hydrogen-bond acceptors (Lipinski definition) is 6. The van der Waals surface area contributed by atoms with Gasteiger partial charge in [-0.15, -0.1) is 6.42 Å². The first-order valence-electron chi connectivity index (χ1n) is 9.55. The van der Waals surface area contributed by atoms with Crippen molar-refractivity contribution < 1.29 is 28.2 Å². The molecule has 2 aromatic carbocycles. The highest BCUT2D eigenvalue weighted by Crippen LogP contribution is 2.34. The maximum absolute atomic E-state index is 13.7. The average molecular weight is 454 g/mol. The van der Waals surface area contributed by atoms with Crippen LogP contribution in [-0.2, 0) is 9.59 Å². The number of anilines is 1. The van der Waals surface area contributed by atoms with Gasteiger partial charge < -0.3 is 14.8 Å². The molecule has 9 heteroatoms. The van der Waals surface area contributed by atoms with E-state index in [1.807, 2.05) is 6.92 Å². The molecule has 1 fully saturated rings. The lowest BCUT2D eigenvalue weighted by Gasteiger charge is -2.13. The first-order valence-corrected chi connectivity index (χ1v) is 10.4. The summed E-state index contributed by atoms with van der Waals surface area (Å²) in [5.41, 5.74) is 0.568. The minimum absolute atomic E-state index is 0.0318. The zero-order valence-electron chi connectivity index (χ0n) is 17.1. The average Bonchev–Trinajstić information content (AvgIpc) is 3.02. The zero-order chi connectivity index (χ0) is 23.1. The van der Waals surface area contributed by atoms with Gasteiger partial charge in [-0.3, -0.25) is 19.3 Å². The molecule has 0 unspecified atom stereocenters. The largest absolute Gasteiger partial charge is 0.490 e. The van der Waals surface area contributed by atoms with Gasteiger partial charge in [-0.25, -0.2) is 4.39 Å². The molecule has 1 saturated heterocycles. The van der Waals surface area contributed by atoms with E-state index >= 15 is 0 Å². The summed E-state index contributed by atoms with van der Waals surface area (Å²) in [4.78, 5) is 38.1. The van der Waals surface area contributed by atoms with Crippen LogP contribution in [0.15, 0.2) is 47.4 Å². The summed E-state index contributed by atoms with van der Waals surface area (Å²) in [6.07, 6.45) is 6.74. The lowest BCUT2D eigenvalue weighted by molar-refractivity contribution is -0.127. The van der Waals surface area contributed by atoms with Crippen molar-refractivity contribution in [1.29, 1.82) is 0 Å². The first-order chi connectivity index (χ1) is 15.4. The number of amides is 3. The van der Waals surface area contributed by atoms with Gasteiger partial charge in [0, 0.05) is 0 Å². The third-order valence-corrected chi connectivity index (χ3v) is 5.11. The van der Waals surface area contributed by atoms with Crippen molar-refractivity contribution in [3.05, 3.63) is 58.8 Å². The van der Waals surface area contributed by atoms with E-state index in [1.54, 1.807) is 24.3 Å². The van der Waals surface area contributed by atoms with Crippen LogP contribution in [0, 0.1) is 18.2 Å². The smallest absolute Gasteiger partial charge is 0.294 e. The summed E-state index contributed by atoms with van der Waals surface area (Å²) < 4.78 is 24.7. The number of imide groups is 1. The third kappa shape index (κ3) is 5.47. The molecule has 0 aliphatic carbocycles. The van der Waals surface area contributed by atoms with Crippen LogP contribution < -0.4 is 14.8 Å². The Morgan fingerprint density at radius 2 is 2.00 bits per heavy atom. The number of carbonyl (C=O) groups excluding carboxylic acids is 3. The van der Waals surface area contributed by atoms with Gasteiger partial charge >= 0.3 is 0 Å². The second-order valence-corrected chi connectivity index (χ2v) is 7.42. The number of hydrogen-bond donors (Lipinski definition) is 1. The minimum Gasteiger partial charge on any atom is -0.490 e. The maximum atomic E-state index is 13.7. The van der Waals surface area contributed by atoms with E-state index < -0.39 is 29.4 Å². The van der Waals surface area contributed by atoms with Crippen molar-refractivity contribution in [2.24, 2.45) is 0 Å². The number of rotatable bonds is 8. The standard InChI is InChI=1S/C23H19FN2O5S/c1-3-11-31-18-10-9-15(12-19(18)30-4-2)13-20-22(28)26(23(29)32-20)14-21(27)25-17-8-6-5-7-16(17)24/h1,5-10,12-13H,4,11,14H2,2H3,(H,25,27)/b20-13-. The number of terminal acetylenes is 1. The number of nitrogens with zero attached hydrogens (tertiary/aromatic N) is 1. The van der Waals surface area contributed by atoms with Gasteiger partial charge in [-0.2, -0.15) is 0 Å². The fourth-order valence-electron chi connectivity index (χ4n) is 2.80. The number of ether oxygens (including phenoxy) is 2. The topological polar surface area (TPSA) is 84.9 Å². The van der Waals surface area contributed by atoms with Crippen LogP contribution in [-0.4, -0.2) is 41.7 Å². The van der Waals surface area contributed by atoms with Gasteiger partial charge in [0.1, 0.15) is 19.0 Å². The molecule has 164 valence electrons. The molecule has 0 radical (unpaired) electrons. The monoisotopic (exact) mass is 454 g/mol. The molecule has 3 amide bonds. The molecule has 7 nitrogen and oxygen atoms in total. The van der Waals surface area contributed by atoms with Crippen molar-refractivity contribution in [3.63, 3.8) is 0 Å². The molecule has 0 bridgehead atoms. The fourth-order valence-corrected chi connectivity index (χ4v) is 3.64. The predicted octanol–water partition coefficient (Wildman–Crippen LogP) is 3.91. The molecule has 1 aliphatic rings. The Balaban J connectivity index is 1.73. The van der Waals surface area contributed by atoms with Crippen molar-refractivity contribution >= 4 is 40.6 Å². The summed E-state index contributed by atoms with van der Waals surface area (Å²) in [6.45, 7) is 1.76. The molecular weight excluding hydrogens is 435 g/mol. The highest BCUT2D eigenvalue weighted by molar-refractivity contribution is 8.18. The fraction of sp³-hybridized carbons (Fsp3) is 0.174. The SMILES string of the molecule is C#CCOc1ccc(/C=C2\SC(=O)N(CC(=O)Nc3ccccc3F)C2=O)cc1OCC. The third-order valence-electron chi connectivity index (χ3n) is 4.20. The molecule has 32 heavy (non-hydrogen) atoms. The van der Waals surface area contributed by atoms with Gasteiger partial charge in [0.15, 0.2) is 11.5 Å². The number of benzene rings is 2. The Bertz CT molecular complexity index is 1130. The van der Waals surface area contributed by atoms with Crippen molar-refractivity contribution in [2.45, 2.75) is 6.92 Å². The summed E-state index contributed by atoms with van der Waals surface area (Å²) in [6, 6.07) is 10.6. The van der Waals surface area contributed by atoms with Crippen LogP contribution >= 0.6 is 11.8 Å². The molecule has 0 atom stereocenters. The number of carbonyl (C=O) groups is 3. The second-order valence-electron chi connectivity index (χ2n) is 6.43. The number of para-hydroxylation sites is 1. The van der Waals surface area contributed by atoms with Crippen molar-refractivity contribution in [1.82, 2.24) is 4.90 Å². The Labute approximate surface area is 188 Å². The summed E-state index contributed by atoms with van der Waals surface area (Å²) >= 11 is 0.711. The lowest BCUT2D eigenvalue weighted by Crippen LogP contribution is -2.36. The molecule has 1 heterocycles. The summed E-state index contributed by atoms with van der Waals surface area (Å²) in [7, 11) is 0. The van der Waals surface area contributed by atoms with Crippen molar-refractivity contribution in [2.75, 3.05) is 25.1 Å². The van der Waals surface area contributed by atoms with E-state index in [1.165, 1.54) is 24.3 Å². The van der Waals surface area contributed by atoms with E-state index in [4.69, 9.17) is 15.9 Å². The molecule has 1 aliphatic heterocycles. The first kappa shape index (κ1) is 22.9. The Kier molecular flexibility index (Phi) is 7.52. The van der Waals surface area contributed by atoms with Crippen LogP contribution in [0.25, 0.3) is 6.08 Å².